The Morgan fingerprint density at radius 3 is 3.12 bits per heavy atom. The molecule has 0 bridgehead atoms. The summed E-state index contributed by atoms with van der Waals surface area (Å²) in [5, 5.41) is 8.37. The van der Waals surface area contributed by atoms with Crippen molar-refractivity contribution < 1.29 is 0 Å². The molecule has 2 atom stereocenters. The first kappa shape index (κ1) is 12.4. The van der Waals surface area contributed by atoms with E-state index in [2.05, 4.69) is 22.1 Å². The largest absolute Gasteiger partial charge is 0.316 e. The van der Waals surface area contributed by atoms with E-state index in [1.165, 1.54) is 31.2 Å². The Labute approximate surface area is 107 Å². The maximum absolute atomic E-state index is 6.18. The highest BCUT2D eigenvalue weighted by Gasteiger charge is 2.19. The number of hydrogen-bond donors (Lipinski definition) is 1. The number of thiophene rings is 1. The molecular formula is C13H20ClNS. The third-order valence-corrected chi connectivity index (χ3v) is 4.45. The van der Waals surface area contributed by atoms with Gasteiger partial charge in [0.25, 0.3) is 0 Å². The van der Waals surface area contributed by atoms with Gasteiger partial charge in [0.15, 0.2) is 0 Å². The van der Waals surface area contributed by atoms with E-state index in [9.17, 15) is 0 Å². The molecule has 0 amide bonds. The lowest BCUT2D eigenvalue weighted by atomic mass is 9.89. The minimum absolute atomic E-state index is 0.428. The van der Waals surface area contributed by atoms with Crippen molar-refractivity contribution in [1.29, 1.82) is 0 Å². The van der Waals surface area contributed by atoms with Crippen LogP contribution in [0.5, 0.6) is 0 Å². The van der Waals surface area contributed by atoms with Gasteiger partial charge in [-0.15, -0.1) is 11.6 Å². The first-order valence-electron chi connectivity index (χ1n) is 6.20. The molecule has 1 aromatic heterocycles. The van der Waals surface area contributed by atoms with Crippen LogP contribution < -0.4 is 5.32 Å². The highest BCUT2D eigenvalue weighted by molar-refractivity contribution is 7.07. The van der Waals surface area contributed by atoms with Gasteiger partial charge in [0.2, 0.25) is 0 Å². The molecule has 2 rings (SSSR count). The Hall–Kier alpha value is -0.0500. The molecule has 2 unspecified atom stereocenters. The van der Waals surface area contributed by atoms with Gasteiger partial charge in [-0.1, -0.05) is 6.42 Å². The van der Waals surface area contributed by atoms with E-state index >= 15 is 0 Å². The molecule has 16 heavy (non-hydrogen) atoms. The highest BCUT2D eigenvalue weighted by Crippen LogP contribution is 2.27. The molecule has 1 saturated carbocycles. The van der Waals surface area contributed by atoms with Crippen molar-refractivity contribution in [2.75, 3.05) is 13.1 Å². The average molecular weight is 258 g/mol. The van der Waals surface area contributed by atoms with Crippen LogP contribution in [0.4, 0.5) is 0 Å². The first-order chi connectivity index (χ1) is 7.84. The molecule has 1 aliphatic rings. The molecule has 0 saturated heterocycles. The Bertz CT molecular complexity index is 286. The molecule has 1 aliphatic carbocycles. The van der Waals surface area contributed by atoms with Gasteiger partial charge in [-0.05, 0) is 67.1 Å². The molecule has 3 heteroatoms. The third kappa shape index (κ3) is 4.08. The van der Waals surface area contributed by atoms with Gasteiger partial charge in [0.1, 0.15) is 0 Å². The molecule has 0 radical (unpaired) electrons. The van der Waals surface area contributed by atoms with Gasteiger partial charge in [-0.2, -0.15) is 11.3 Å². The zero-order valence-corrected chi connectivity index (χ0v) is 11.2. The van der Waals surface area contributed by atoms with Crippen LogP contribution in [0.1, 0.15) is 31.2 Å². The summed E-state index contributed by atoms with van der Waals surface area (Å²) in [6, 6.07) is 2.21. The lowest BCUT2D eigenvalue weighted by Crippen LogP contribution is -2.28. The quantitative estimate of drug-likeness (QED) is 0.627. The first-order valence-corrected chi connectivity index (χ1v) is 7.58. The van der Waals surface area contributed by atoms with Crippen molar-refractivity contribution >= 4 is 22.9 Å². The Morgan fingerprint density at radius 1 is 1.44 bits per heavy atom. The number of hydrogen-bond acceptors (Lipinski definition) is 2. The van der Waals surface area contributed by atoms with Crippen LogP contribution in [0.15, 0.2) is 16.8 Å². The van der Waals surface area contributed by atoms with Crippen molar-refractivity contribution in [3.8, 4) is 0 Å². The van der Waals surface area contributed by atoms with E-state index < -0.39 is 0 Å². The van der Waals surface area contributed by atoms with Crippen molar-refractivity contribution in [2.45, 2.75) is 37.5 Å². The SMILES string of the molecule is ClC1CCCC(CNCCc2ccsc2)C1. The van der Waals surface area contributed by atoms with E-state index in [4.69, 9.17) is 11.6 Å². The van der Waals surface area contributed by atoms with Gasteiger partial charge in [0, 0.05) is 5.38 Å². The summed E-state index contributed by atoms with van der Waals surface area (Å²) in [6.07, 6.45) is 6.24. The summed E-state index contributed by atoms with van der Waals surface area (Å²) in [4.78, 5) is 0. The van der Waals surface area contributed by atoms with Crippen LogP contribution >= 0.6 is 22.9 Å². The predicted octanol–water partition coefficient (Wildman–Crippen LogP) is 3.68. The van der Waals surface area contributed by atoms with Gasteiger partial charge in [-0.25, -0.2) is 0 Å². The van der Waals surface area contributed by atoms with E-state index in [0.717, 1.165) is 25.4 Å². The van der Waals surface area contributed by atoms with Crippen LogP contribution in [0, 0.1) is 5.92 Å². The normalized spacial score (nSPS) is 25.8. The van der Waals surface area contributed by atoms with Crippen molar-refractivity contribution in [3.63, 3.8) is 0 Å². The Morgan fingerprint density at radius 2 is 2.38 bits per heavy atom. The number of halogens is 1. The molecular weight excluding hydrogens is 238 g/mol. The van der Waals surface area contributed by atoms with Crippen molar-refractivity contribution in [2.24, 2.45) is 5.92 Å². The fourth-order valence-electron chi connectivity index (χ4n) is 2.38. The number of nitrogens with one attached hydrogen (secondary N) is 1. The summed E-state index contributed by atoms with van der Waals surface area (Å²) in [7, 11) is 0. The molecule has 1 heterocycles. The molecule has 1 fully saturated rings. The maximum Gasteiger partial charge on any atom is 0.0339 e. The van der Waals surface area contributed by atoms with Gasteiger partial charge in [0.05, 0.1) is 0 Å². The Balaban J connectivity index is 1.57. The topological polar surface area (TPSA) is 12.0 Å². The molecule has 1 N–H and O–H groups in total. The molecule has 0 spiro atoms. The second-order valence-electron chi connectivity index (χ2n) is 4.72. The fraction of sp³-hybridized carbons (Fsp3) is 0.692. The summed E-state index contributed by atoms with van der Waals surface area (Å²) < 4.78 is 0. The minimum atomic E-state index is 0.428. The van der Waals surface area contributed by atoms with Crippen molar-refractivity contribution in [1.82, 2.24) is 5.32 Å². The highest BCUT2D eigenvalue weighted by atomic mass is 35.5. The van der Waals surface area contributed by atoms with Gasteiger partial charge in [-0.3, -0.25) is 0 Å². The second-order valence-corrected chi connectivity index (χ2v) is 6.11. The lowest BCUT2D eigenvalue weighted by molar-refractivity contribution is 0.347. The van der Waals surface area contributed by atoms with Crippen LogP contribution in [0.25, 0.3) is 0 Å². The standard InChI is InChI=1S/C13H20ClNS/c14-13-3-1-2-12(8-13)9-15-6-4-11-5-7-16-10-11/h5,7,10,12-13,15H,1-4,6,8-9H2. The number of rotatable bonds is 5. The molecule has 0 aliphatic heterocycles. The van der Waals surface area contributed by atoms with Gasteiger partial charge < -0.3 is 5.32 Å². The zero-order chi connectivity index (χ0) is 11.2. The minimum Gasteiger partial charge on any atom is -0.316 e. The smallest absolute Gasteiger partial charge is 0.0339 e. The van der Waals surface area contributed by atoms with E-state index in [0.29, 0.717) is 5.38 Å². The monoisotopic (exact) mass is 257 g/mol. The van der Waals surface area contributed by atoms with Crippen LogP contribution in [0.3, 0.4) is 0 Å². The van der Waals surface area contributed by atoms with E-state index in [1.807, 2.05) is 0 Å². The average Bonchev–Trinajstić information content (AvgIpc) is 2.77. The Kier molecular flexibility index (Phi) is 5.14. The van der Waals surface area contributed by atoms with Crippen molar-refractivity contribution in [3.05, 3.63) is 22.4 Å². The van der Waals surface area contributed by atoms with Crippen LogP contribution in [0.2, 0.25) is 0 Å². The second kappa shape index (κ2) is 6.63. The van der Waals surface area contributed by atoms with Gasteiger partial charge >= 0.3 is 0 Å². The molecule has 1 aromatic rings. The lowest BCUT2D eigenvalue weighted by Gasteiger charge is -2.25. The fourth-order valence-corrected chi connectivity index (χ4v) is 3.49. The van der Waals surface area contributed by atoms with E-state index in [-0.39, 0.29) is 0 Å². The molecule has 1 nitrogen and oxygen atoms in total. The van der Waals surface area contributed by atoms with E-state index in [1.54, 1.807) is 11.3 Å². The van der Waals surface area contributed by atoms with Crippen LogP contribution in [-0.4, -0.2) is 18.5 Å². The third-order valence-electron chi connectivity index (χ3n) is 3.32. The summed E-state index contributed by atoms with van der Waals surface area (Å²) in [5.74, 6) is 0.804. The summed E-state index contributed by atoms with van der Waals surface area (Å²) in [5.41, 5.74) is 1.45. The molecule has 90 valence electrons. The van der Waals surface area contributed by atoms with Crippen LogP contribution in [-0.2, 0) is 6.42 Å². The molecule has 0 aromatic carbocycles. The maximum atomic E-state index is 6.18. The summed E-state index contributed by atoms with van der Waals surface area (Å²) in [6.45, 7) is 2.24. The zero-order valence-electron chi connectivity index (χ0n) is 9.62. The summed E-state index contributed by atoms with van der Waals surface area (Å²) >= 11 is 7.96. The predicted molar refractivity (Wildman–Crippen MR) is 72.5 cm³/mol. The number of alkyl halides is 1.